The molecule has 14 heavy (non-hydrogen) atoms. The number of anilines is 1. The molecule has 0 bridgehead atoms. The van der Waals surface area contributed by atoms with Crippen molar-refractivity contribution in [3.8, 4) is 0 Å². The molecule has 4 heteroatoms. The molecule has 76 valence electrons. The first-order chi connectivity index (χ1) is 6.78. The largest absolute Gasteiger partial charge is 0.367 e. The number of aromatic nitrogens is 1. The van der Waals surface area contributed by atoms with Crippen molar-refractivity contribution in [1.82, 2.24) is 4.98 Å². The molecular formula is C10H14ClN3. The van der Waals surface area contributed by atoms with Gasteiger partial charge in [-0.25, -0.2) is 4.98 Å². The zero-order valence-corrected chi connectivity index (χ0v) is 8.72. The molecule has 1 aliphatic rings. The smallest absolute Gasteiger partial charge is 0.131 e. The highest BCUT2D eigenvalue weighted by molar-refractivity contribution is 6.29. The molecule has 1 heterocycles. The quantitative estimate of drug-likeness (QED) is 0.754. The van der Waals surface area contributed by atoms with Gasteiger partial charge in [-0.3, -0.25) is 0 Å². The van der Waals surface area contributed by atoms with Crippen LogP contribution in [0.5, 0.6) is 0 Å². The van der Waals surface area contributed by atoms with E-state index in [2.05, 4.69) is 10.3 Å². The standard InChI is InChI=1S/C10H14ClN3/c11-9-4-7(6-12)5-10(14-9)13-8-2-1-3-8/h4-5,8H,1-3,6,12H2,(H,13,14). The van der Waals surface area contributed by atoms with Crippen molar-refractivity contribution in [3.05, 3.63) is 22.8 Å². The van der Waals surface area contributed by atoms with Crippen molar-refractivity contribution < 1.29 is 0 Å². The van der Waals surface area contributed by atoms with Gasteiger partial charge < -0.3 is 11.1 Å². The van der Waals surface area contributed by atoms with Crippen molar-refractivity contribution in [1.29, 1.82) is 0 Å². The first-order valence-corrected chi connectivity index (χ1v) is 5.29. The average Bonchev–Trinajstić information content (AvgIpc) is 2.10. The van der Waals surface area contributed by atoms with Crippen molar-refractivity contribution in [2.24, 2.45) is 5.73 Å². The predicted octanol–water partition coefficient (Wildman–Crippen LogP) is 2.16. The Balaban J connectivity index is 2.11. The zero-order valence-electron chi connectivity index (χ0n) is 7.96. The summed E-state index contributed by atoms with van der Waals surface area (Å²) in [7, 11) is 0. The van der Waals surface area contributed by atoms with Gasteiger partial charge in [0.25, 0.3) is 0 Å². The van der Waals surface area contributed by atoms with Crippen LogP contribution in [0.15, 0.2) is 12.1 Å². The van der Waals surface area contributed by atoms with Gasteiger partial charge in [0.2, 0.25) is 0 Å². The van der Waals surface area contributed by atoms with Gasteiger partial charge in [-0.15, -0.1) is 0 Å². The Morgan fingerprint density at radius 2 is 2.29 bits per heavy atom. The molecule has 1 aliphatic carbocycles. The van der Waals surface area contributed by atoms with Crippen molar-refractivity contribution in [2.45, 2.75) is 31.8 Å². The van der Waals surface area contributed by atoms with Crippen LogP contribution in [0.3, 0.4) is 0 Å². The van der Waals surface area contributed by atoms with Crippen molar-refractivity contribution in [2.75, 3.05) is 5.32 Å². The average molecular weight is 212 g/mol. The molecule has 0 aliphatic heterocycles. The van der Waals surface area contributed by atoms with Crippen LogP contribution in [0, 0.1) is 0 Å². The summed E-state index contributed by atoms with van der Waals surface area (Å²) in [6, 6.07) is 4.34. The predicted molar refractivity (Wildman–Crippen MR) is 58.4 cm³/mol. The second kappa shape index (κ2) is 4.15. The Hall–Kier alpha value is -0.800. The molecule has 0 radical (unpaired) electrons. The minimum absolute atomic E-state index is 0.502. The lowest BCUT2D eigenvalue weighted by atomic mass is 9.93. The molecule has 1 aromatic heterocycles. The van der Waals surface area contributed by atoms with E-state index < -0.39 is 0 Å². The van der Waals surface area contributed by atoms with E-state index in [-0.39, 0.29) is 0 Å². The van der Waals surface area contributed by atoms with Crippen LogP contribution in [0.2, 0.25) is 5.15 Å². The fourth-order valence-electron chi connectivity index (χ4n) is 1.50. The molecule has 0 spiro atoms. The van der Waals surface area contributed by atoms with Crippen LogP contribution in [-0.2, 0) is 6.54 Å². The Bertz CT molecular complexity index is 323. The van der Waals surface area contributed by atoms with E-state index in [0.717, 1.165) is 11.4 Å². The molecule has 1 fully saturated rings. The van der Waals surface area contributed by atoms with Crippen molar-refractivity contribution >= 4 is 17.4 Å². The third-order valence-electron chi connectivity index (χ3n) is 2.55. The van der Waals surface area contributed by atoms with E-state index >= 15 is 0 Å². The van der Waals surface area contributed by atoms with Crippen molar-refractivity contribution in [3.63, 3.8) is 0 Å². The summed E-state index contributed by atoms with van der Waals surface area (Å²) in [6.07, 6.45) is 3.76. The summed E-state index contributed by atoms with van der Waals surface area (Å²) in [6.45, 7) is 0.502. The van der Waals surface area contributed by atoms with Crippen LogP contribution in [0.4, 0.5) is 5.82 Å². The second-order valence-corrected chi connectivity index (χ2v) is 4.05. The molecule has 3 N–H and O–H groups in total. The Morgan fingerprint density at radius 1 is 1.50 bits per heavy atom. The fraction of sp³-hybridized carbons (Fsp3) is 0.500. The molecule has 0 amide bonds. The monoisotopic (exact) mass is 211 g/mol. The topological polar surface area (TPSA) is 50.9 Å². The van der Waals surface area contributed by atoms with Crippen LogP contribution in [0.25, 0.3) is 0 Å². The summed E-state index contributed by atoms with van der Waals surface area (Å²) in [5.74, 6) is 0.850. The van der Waals surface area contributed by atoms with Gasteiger partial charge >= 0.3 is 0 Å². The summed E-state index contributed by atoms with van der Waals surface area (Å²) < 4.78 is 0. The van der Waals surface area contributed by atoms with Gasteiger partial charge in [0.05, 0.1) is 0 Å². The maximum absolute atomic E-state index is 5.87. The number of pyridine rings is 1. The third kappa shape index (κ3) is 2.16. The summed E-state index contributed by atoms with van der Waals surface area (Å²) >= 11 is 5.87. The first kappa shape index (κ1) is 9.74. The Kier molecular flexibility index (Phi) is 2.89. The molecule has 0 saturated heterocycles. The number of rotatable bonds is 3. The molecule has 0 atom stereocenters. The van der Waals surface area contributed by atoms with Gasteiger partial charge in [-0.2, -0.15) is 0 Å². The van der Waals surface area contributed by atoms with Crippen LogP contribution >= 0.6 is 11.6 Å². The maximum Gasteiger partial charge on any atom is 0.131 e. The highest BCUT2D eigenvalue weighted by Crippen LogP contribution is 2.23. The van der Waals surface area contributed by atoms with Gasteiger partial charge in [-0.1, -0.05) is 11.6 Å². The number of hydrogen-bond donors (Lipinski definition) is 2. The fourth-order valence-corrected chi connectivity index (χ4v) is 1.73. The van der Waals surface area contributed by atoms with E-state index in [4.69, 9.17) is 17.3 Å². The highest BCUT2D eigenvalue weighted by atomic mass is 35.5. The number of halogens is 1. The van der Waals surface area contributed by atoms with E-state index in [1.807, 2.05) is 6.07 Å². The third-order valence-corrected chi connectivity index (χ3v) is 2.74. The lowest BCUT2D eigenvalue weighted by Gasteiger charge is -2.27. The highest BCUT2D eigenvalue weighted by Gasteiger charge is 2.17. The van der Waals surface area contributed by atoms with E-state index in [9.17, 15) is 0 Å². The van der Waals surface area contributed by atoms with E-state index in [1.54, 1.807) is 6.07 Å². The lowest BCUT2D eigenvalue weighted by Crippen LogP contribution is -2.27. The second-order valence-electron chi connectivity index (χ2n) is 3.66. The molecule has 1 saturated carbocycles. The lowest BCUT2D eigenvalue weighted by molar-refractivity contribution is 0.444. The molecule has 0 aromatic carbocycles. The van der Waals surface area contributed by atoms with Crippen LogP contribution in [-0.4, -0.2) is 11.0 Å². The maximum atomic E-state index is 5.87. The van der Waals surface area contributed by atoms with E-state index in [1.165, 1.54) is 19.3 Å². The summed E-state index contributed by atoms with van der Waals surface area (Å²) in [5.41, 5.74) is 6.57. The van der Waals surface area contributed by atoms with Gasteiger partial charge in [0.15, 0.2) is 0 Å². The summed E-state index contributed by atoms with van der Waals surface area (Å²) in [5, 5.41) is 3.85. The van der Waals surface area contributed by atoms with Gasteiger partial charge in [-0.05, 0) is 37.0 Å². The minimum atomic E-state index is 0.502. The molecule has 3 nitrogen and oxygen atoms in total. The SMILES string of the molecule is NCc1cc(Cl)nc(NC2CCC2)c1. The summed E-state index contributed by atoms with van der Waals surface area (Å²) in [4.78, 5) is 4.20. The number of nitrogens with two attached hydrogens (primary N) is 1. The Morgan fingerprint density at radius 3 is 2.86 bits per heavy atom. The number of nitrogens with one attached hydrogen (secondary N) is 1. The molecule has 1 aromatic rings. The van der Waals surface area contributed by atoms with Gasteiger partial charge in [0, 0.05) is 12.6 Å². The van der Waals surface area contributed by atoms with E-state index in [0.29, 0.717) is 17.7 Å². The molecule has 0 unspecified atom stereocenters. The number of nitrogens with zero attached hydrogens (tertiary/aromatic N) is 1. The molecular weight excluding hydrogens is 198 g/mol. The molecule has 2 rings (SSSR count). The number of hydrogen-bond acceptors (Lipinski definition) is 3. The minimum Gasteiger partial charge on any atom is -0.367 e. The Labute approximate surface area is 88.7 Å². The van der Waals surface area contributed by atoms with Crippen LogP contribution in [0.1, 0.15) is 24.8 Å². The zero-order chi connectivity index (χ0) is 9.97. The van der Waals surface area contributed by atoms with Crippen LogP contribution < -0.4 is 11.1 Å². The van der Waals surface area contributed by atoms with Gasteiger partial charge in [0.1, 0.15) is 11.0 Å². The first-order valence-electron chi connectivity index (χ1n) is 4.91. The normalized spacial score (nSPS) is 16.4.